The molecule has 0 aliphatic rings. The van der Waals surface area contributed by atoms with Crippen LogP contribution in [0.1, 0.15) is 0 Å². The number of hydrogen-bond donors (Lipinski definition) is 0. The molecule has 0 bridgehead atoms. The van der Waals surface area contributed by atoms with E-state index in [0.717, 1.165) is 0 Å². The first kappa shape index (κ1) is 15.6. The predicted molar refractivity (Wildman–Crippen MR) is 78.6 cm³/mol. The molecule has 0 N–H and O–H groups in total. The van der Waals surface area contributed by atoms with E-state index in [1.807, 2.05) is 60.7 Å². The summed E-state index contributed by atoms with van der Waals surface area (Å²) in [6.45, 7) is 0. The van der Waals surface area contributed by atoms with Gasteiger partial charge in [-0.15, -0.1) is 0 Å². The van der Waals surface area contributed by atoms with Crippen LogP contribution in [0.3, 0.4) is 0 Å². The van der Waals surface area contributed by atoms with Gasteiger partial charge in [-0.1, -0.05) is 0 Å². The first-order valence-corrected chi connectivity index (χ1v) is 14.3. The molecule has 0 unspecified atom stereocenters. The molecular formula is C12H10I2Ti-2. The van der Waals surface area contributed by atoms with E-state index in [-0.39, 0.29) is 0 Å². The van der Waals surface area contributed by atoms with Crippen LogP contribution in [0.25, 0.3) is 0 Å². The van der Waals surface area contributed by atoms with Crippen LogP contribution in [-0.2, 0) is 11.7 Å². The fourth-order valence-corrected chi connectivity index (χ4v) is 0.684. The van der Waals surface area contributed by atoms with E-state index in [1.54, 1.807) is 0 Å². The van der Waals surface area contributed by atoms with E-state index in [2.05, 4.69) is 50.5 Å². The van der Waals surface area contributed by atoms with Crippen LogP contribution in [-0.4, -0.2) is 0 Å². The standard InChI is InChI=1S/2C6H5.2HI.Ti/c2*1-2-4-6-5-3-1;;;/h2*1-5H;2*1H;/q2*-1;;;+2/p-2. The van der Waals surface area contributed by atoms with E-state index in [0.29, 0.717) is 11.7 Å². The topological polar surface area (TPSA) is 0 Å². The Hall–Kier alpha value is 0.614. The second-order valence-electron chi connectivity index (χ2n) is 2.23. The van der Waals surface area contributed by atoms with Gasteiger partial charge in [-0.25, -0.2) is 0 Å². The van der Waals surface area contributed by atoms with E-state index >= 15 is 0 Å². The van der Waals surface area contributed by atoms with Crippen LogP contribution in [0, 0.1) is 12.1 Å². The predicted octanol–water partition coefficient (Wildman–Crippen LogP) is 4.74. The minimum atomic E-state index is 0.440. The molecule has 0 nitrogen and oxygen atoms in total. The zero-order chi connectivity index (χ0) is 11.2. The van der Waals surface area contributed by atoms with Gasteiger partial charge >= 0.3 is 50.0 Å². The summed E-state index contributed by atoms with van der Waals surface area (Å²) in [5, 5.41) is 0. The minimum Gasteiger partial charge on any atom is -0.184 e. The Balaban J connectivity index is 0.000000210. The molecule has 2 aromatic rings. The van der Waals surface area contributed by atoms with Crippen molar-refractivity contribution in [2.75, 3.05) is 0 Å². The largest absolute Gasteiger partial charge is 0.184 e. The fraction of sp³-hybridized carbons (Fsp3) is 0. The zero-order valence-corrected chi connectivity index (χ0v) is 13.9. The number of benzene rings is 2. The normalized spacial score (nSPS) is 7.33. The summed E-state index contributed by atoms with van der Waals surface area (Å²) in [4.78, 5) is 0. The van der Waals surface area contributed by atoms with Gasteiger partial charge in [-0.05, 0) is 0 Å². The molecule has 0 saturated heterocycles. The van der Waals surface area contributed by atoms with Gasteiger partial charge in [0.25, 0.3) is 0 Å². The Kier molecular flexibility index (Phi) is 15.2. The Morgan fingerprint density at radius 2 is 0.867 bits per heavy atom. The average molecular weight is 456 g/mol. The fourth-order valence-electron chi connectivity index (χ4n) is 0.684. The molecule has 2 aromatic carbocycles. The van der Waals surface area contributed by atoms with Crippen molar-refractivity contribution in [3.63, 3.8) is 0 Å². The molecule has 0 atom stereocenters. The van der Waals surface area contributed by atoms with Crippen molar-refractivity contribution in [2.45, 2.75) is 0 Å². The minimum absolute atomic E-state index is 0.440. The molecular weight excluding hydrogens is 446 g/mol. The molecule has 0 saturated carbocycles. The van der Waals surface area contributed by atoms with Crippen molar-refractivity contribution < 1.29 is 11.7 Å². The summed E-state index contributed by atoms with van der Waals surface area (Å²) in [6, 6.07) is 25.0. The second kappa shape index (κ2) is 14.6. The van der Waals surface area contributed by atoms with Crippen LogP contribution < -0.4 is 0 Å². The van der Waals surface area contributed by atoms with Crippen molar-refractivity contribution in [3.05, 3.63) is 72.8 Å². The Labute approximate surface area is 121 Å². The molecule has 0 fully saturated rings. The van der Waals surface area contributed by atoms with Crippen molar-refractivity contribution in [2.24, 2.45) is 0 Å². The first-order chi connectivity index (χ1) is 7.41. The molecule has 0 aromatic heterocycles. The van der Waals surface area contributed by atoms with Gasteiger partial charge in [-0.2, -0.15) is 72.8 Å². The zero-order valence-electron chi connectivity index (χ0n) is 8.03. The molecule has 0 radical (unpaired) electrons. The van der Waals surface area contributed by atoms with Crippen molar-refractivity contribution in [1.29, 1.82) is 0 Å². The third-order valence-corrected chi connectivity index (χ3v) is 1.21. The molecule has 0 amide bonds. The van der Waals surface area contributed by atoms with E-state index in [9.17, 15) is 0 Å². The van der Waals surface area contributed by atoms with Gasteiger partial charge in [-0.3, -0.25) is 0 Å². The summed E-state index contributed by atoms with van der Waals surface area (Å²) in [7, 11) is 0. The number of hydrogen-bond acceptors (Lipinski definition) is 0. The molecule has 2 rings (SSSR count). The number of rotatable bonds is 0. The van der Waals surface area contributed by atoms with Gasteiger partial charge in [0.1, 0.15) is 0 Å². The van der Waals surface area contributed by atoms with Gasteiger partial charge in [0.05, 0.1) is 0 Å². The maximum atomic E-state index is 2.89. The van der Waals surface area contributed by atoms with E-state index < -0.39 is 0 Å². The third kappa shape index (κ3) is 14.6. The van der Waals surface area contributed by atoms with Crippen molar-refractivity contribution in [3.8, 4) is 0 Å². The molecule has 0 heterocycles. The number of halogens is 2. The van der Waals surface area contributed by atoms with Gasteiger partial charge in [0.15, 0.2) is 0 Å². The van der Waals surface area contributed by atoms with Gasteiger partial charge in [0.2, 0.25) is 0 Å². The van der Waals surface area contributed by atoms with Crippen molar-refractivity contribution >= 4 is 38.4 Å². The molecule has 0 aliphatic carbocycles. The molecule has 78 valence electrons. The first-order valence-electron chi connectivity index (χ1n) is 4.20. The Morgan fingerprint density at radius 1 is 0.600 bits per heavy atom. The Bertz CT molecular complexity index is 202. The van der Waals surface area contributed by atoms with Crippen LogP contribution in [0.4, 0.5) is 0 Å². The molecule has 3 heteroatoms. The Morgan fingerprint density at radius 3 is 0.933 bits per heavy atom. The average Bonchev–Trinajstić information content (AvgIpc) is 2.35. The van der Waals surface area contributed by atoms with Crippen LogP contribution in [0.2, 0.25) is 0 Å². The summed E-state index contributed by atoms with van der Waals surface area (Å²) in [6.07, 6.45) is 0. The second-order valence-corrected chi connectivity index (χ2v) is 15.4. The molecule has 0 spiro atoms. The van der Waals surface area contributed by atoms with Crippen LogP contribution >= 0.6 is 38.4 Å². The molecule has 15 heavy (non-hydrogen) atoms. The smallest absolute Gasteiger partial charge is 0.171 e. The summed E-state index contributed by atoms with van der Waals surface area (Å²) in [5.74, 6) is 0. The monoisotopic (exact) mass is 456 g/mol. The van der Waals surface area contributed by atoms with Crippen LogP contribution in [0.15, 0.2) is 60.7 Å². The summed E-state index contributed by atoms with van der Waals surface area (Å²) in [5.41, 5.74) is 0. The molecule has 0 aliphatic heterocycles. The summed E-state index contributed by atoms with van der Waals surface area (Å²) < 4.78 is 0. The van der Waals surface area contributed by atoms with Crippen LogP contribution in [0.5, 0.6) is 0 Å². The van der Waals surface area contributed by atoms with E-state index in [4.69, 9.17) is 0 Å². The van der Waals surface area contributed by atoms with Gasteiger partial charge < -0.3 is 0 Å². The summed E-state index contributed by atoms with van der Waals surface area (Å²) >= 11 is 5.24. The van der Waals surface area contributed by atoms with Crippen molar-refractivity contribution in [1.82, 2.24) is 0 Å². The SMILES string of the molecule is [I][Ti][I].[c-]1ccccc1.[c-]1ccccc1. The maximum absolute atomic E-state index is 2.89. The maximum Gasteiger partial charge on any atom is -0.171 e. The van der Waals surface area contributed by atoms with E-state index in [1.165, 1.54) is 0 Å². The third-order valence-electron chi connectivity index (χ3n) is 1.21. The van der Waals surface area contributed by atoms with Gasteiger partial charge in [0, 0.05) is 0 Å². The quantitative estimate of drug-likeness (QED) is 0.306.